The summed E-state index contributed by atoms with van der Waals surface area (Å²) in [7, 11) is 0. The van der Waals surface area contributed by atoms with E-state index in [1.807, 2.05) is 25.1 Å². The number of carboxylic acids is 1. The van der Waals surface area contributed by atoms with Crippen LogP contribution in [0, 0.1) is 12.3 Å². The van der Waals surface area contributed by atoms with E-state index in [0.717, 1.165) is 48.9 Å². The fourth-order valence-electron chi connectivity index (χ4n) is 3.56. The number of hydrogen-bond acceptors (Lipinski definition) is 2. The van der Waals surface area contributed by atoms with E-state index in [-0.39, 0.29) is 12.3 Å². The number of hydrogen-bond donors (Lipinski definition) is 2. The van der Waals surface area contributed by atoms with Crippen LogP contribution in [0.4, 0.5) is 5.69 Å². The number of anilines is 1. The molecule has 2 rings (SSSR count). The van der Waals surface area contributed by atoms with Gasteiger partial charge in [0.1, 0.15) is 0 Å². The van der Waals surface area contributed by atoms with Crippen LogP contribution < -0.4 is 5.32 Å². The average molecular weight is 317 g/mol. The Morgan fingerprint density at radius 3 is 2.39 bits per heavy atom. The average Bonchev–Trinajstić information content (AvgIpc) is 2.76. The molecule has 126 valence electrons. The zero-order valence-corrected chi connectivity index (χ0v) is 14.2. The first-order valence-electron chi connectivity index (χ1n) is 8.60. The number of rotatable bonds is 5. The summed E-state index contributed by atoms with van der Waals surface area (Å²) >= 11 is 0. The molecule has 1 amide bonds. The number of para-hydroxylation sites is 1. The Labute approximate surface area is 138 Å². The molecule has 2 N–H and O–H groups in total. The molecule has 1 aromatic rings. The summed E-state index contributed by atoms with van der Waals surface area (Å²) in [6.07, 6.45) is 6.02. The third kappa shape index (κ3) is 4.12. The van der Waals surface area contributed by atoms with Gasteiger partial charge in [-0.3, -0.25) is 9.59 Å². The maximum absolute atomic E-state index is 12.5. The minimum Gasteiger partial charge on any atom is -0.481 e. The highest BCUT2D eigenvalue weighted by Crippen LogP contribution is 2.39. The van der Waals surface area contributed by atoms with Crippen LogP contribution in [0.15, 0.2) is 18.2 Å². The molecule has 1 saturated carbocycles. The van der Waals surface area contributed by atoms with Gasteiger partial charge in [0.25, 0.3) is 0 Å². The molecule has 1 aliphatic carbocycles. The van der Waals surface area contributed by atoms with Crippen LogP contribution in [0.2, 0.25) is 0 Å². The van der Waals surface area contributed by atoms with Crippen molar-refractivity contribution in [1.82, 2.24) is 0 Å². The molecule has 0 aliphatic heterocycles. The minimum atomic E-state index is -0.893. The van der Waals surface area contributed by atoms with Crippen molar-refractivity contribution in [3.63, 3.8) is 0 Å². The van der Waals surface area contributed by atoms with Gasteiger partial charge in [0.15, 0.2) is 0 Å². The summed E-state index contributed by atoms with van der Waals surface area (Å²) in [5, 5.41) is 12.7. The molecular weight excluding hydrogens is 290 g/mol. The fourth-order valence-corrected chi connectivity index (χ4v) is 3.56. The van der Waals surface area contributed by atoms with Crippen LogP contribution in [-0.2, 0) is 16.0 Å². The van der Waals surface area contributed by atoms with Crippen LogP contribution in [0.25, 0.3) is 0 Å². The highest BCUT2D eigenvalue weighted by molar-refractivity contribution is 5.95. The lowest BCUT2D eigenvalue weighted by molar-refractivity contribution is -0.152. The Bertz CT molecular complexity index is 572. The Morgan fingerprint density at radius 1 is 1.17 bits per heavy atom. The van der Waals surface area contributed by atoms with E-state index >= 15 is 0 Å². The molecule has 4 nitrogen and oxygen atoms in total. The summed E-state index contributed by atoms with van der Waals surface area (Å²) in [6.45, 7) is 4.02. The second-order valence-corrected chi connectivity index (χ2v) is 6.69. The van der Waals surface area contributed by atoms with Crippen molar-refractivity contribution in [3.8, 4) is 0 Å². The topological polar surface area (TPSA) is 66.4 Å². The zero-order valence-electron chi connectivity index (χ0n) is 14.2. The molecular formula is C19H27NO3. The van der Waals surface area contributed by atoms with Crippen molar-refractivity contribution in [2.45, 2.75) is 65.2 Å². The molecule has 23 heavy (non-hydrogen) atoms. The van der Waals surface area contributed by atoms with Crippen molar-refractivity contribution in [1.29, 1.82) is 0 Å². The molecule has 0 unspecified atom stereocenters. The standard InChI is InChI=1S/C19H27NO3/c1-3-15-10-8-9-14(2)17(15)20-16(21)13-19(18(22)23)11-6-4-5-7-12-19/h8-10H,3-7,11-13H2,1-2H3,(H,20,21)(H,22,23). The lowest BCUT2D eigenvalue weighted by Gasteiger charge is -2.27. The molecule has 0 bridgehead atoms. The minimum absolute atomic E-state index is 0.0693. The van der Waals surface area contributed by atoms with Crippen LogP contribution >= 0.6 is 0 Å². The molecule has 0 spiro atoms. The van der Waals surface area contributed by atoms with Gasteiger partial charge in [-0.15, -0.1) is 0 Å². The van der Waals surface area contributed by atoms with E-state index in [1.165, 1.54) is 0 Å². The van der Waals surface area contributed by atoms with Gasteiger partial charge in [-0.05, 0) is 37.3 Å². The maximum atomic E-state index is 12.5. The summed E-state index contributed by atoms with van der Waals surface area (Å²) in [6, 6.07) is 5.95. The third-order valence-electron chi connectivity index (χ3n) is 5.02. The van der Waals surface area contributed by atoms with Crippen LogP contribution in [0.3, 0.4) is 0 Å². The van der Waals surface area contributed by atoms with Crippen molar-refractivity contribution >= 4 is 17.6 Å². The molecule has 1 aromatic carbocycles. The van der Waals surface area contributed by atoms with E-state index in [1.54, 1.807) is 0 Å². The second-order valence-electron chi connectivity index (χ2n) is 6.69. The first kappa shape index (κ1) is 17.5. The molecule has 0 heterocycles. The van der Waals surface area contributed by atoms with E-state index < -0.39 is 11.4 Å². The Balaban J connectivity index is 2.15. The van der Waals surface area contributed by atoms with E-state index in [4.69, 9.17) is 0 Å². The van der Waals surface area contributed by atoms with Crippen LogP contribution in [0.1, 0.15) is 63.0 Å². The Morgan fingerprint density at radius 2 is 1.83 bits per heavy atom. The van der Waals surface area contributed by atoms with Gasteiger partial charge >= 0.3 is 5.97 Å². The van der Waals surface area contributed by atoms with Gasteiger partial charge in [0, 0.05) is 12.1 Å². The monoisotopic (exact) mass is 317 g/mol. The molecule has 1 aliphatic rings. The summed E-state index contributed by atoms with van der Waals surface area (Å²) in [5.74, 6) is -1.01. The number of carbonyl (C=O) groups is 2. The third-order valence-corrected chi connectivity index (χ3v) is 5.02. The fraction of sp³-hybridized carbons (Fsp3) is 0.579. The number of carbonyl (C=O) groups excluding carboxylic acids is 1. The van der Waals surface area contributed by atoms with Gasteiger partial charge in [-0.1, -0.05) is 50.8 Å². The second kappa shape index (κ2) is 7.62. The first-order valence-corrected chi connectivity index (χ1v) is 8.60. The summed E-state index contributed by atoms with van der Waals surface area (Å²) in [5.41, 5.74) is 2.05. The van der Waals surface area contributed by atoms with Gasteiger partial charge in [0.2, 0.25) is 5.91 Å². The Kier molecular flexibility index (Phi) is 5.80. The summed E-state index contributed by atoms with van der Waals surface area (Å²) < 4.78 is 0. The smallest absolute Gasteiger partial charge is 0.310 e. The van der Waals surface area contributed by atoms with Crippen LogP contribution in [-0.4, -0.2) is 17.0 Å². The van der Waals surface area contributed by atoms with E-state index in [9.17, 15) is 14.7 Å². The molecule has 1 fully saturated rings. The molecule has 0 aromatic heterocycles. The molecule has 0 saturated heterocycles. The van der Waals surface area contributed by atoms with Crippen LogP contribution in [0.5, 0.6) is 0 Å². The largest absolute Gasteiger partial charge is 0.481 e. The van der Waals surface area contributed by atoms with E-state index in [0.29, 0.717) is 12.8 Å². The van der Waals surface area contributed by atoms with Crippen molar-refractivity contribution < 1.29 is 14.7 Å². The van der Waals surface area contributed by atoms with Gasteiger partial charge in [-0.25, -0.2) is 0 Å². The van der Waals surface area contributed by atoms with Gasteiger partial charge in [0.05, 0.1) is 5.41 Å². The highest BCUT2D eigenvalue weighted by atomic mass is 16.4. The first-order chi connectivity index (χ1) is 11.0. The number of aliphatic carboxylic acids is 1. The number of carboxylic acid groups (broad SMARTS) is 1. The van der Waals surface area contributed by atoms with E-state index in [2.05, 4.69) is 12.2 Å². The number of amides is 1. The number of benzene rings is 1. The normalized spacial score (nSPS) is 17.3. The number of aryl methyl sites for hydroxylation is 2. The number of nitrogens with one attached hydrogen (secondary N) is 1. The SMILES string of the molecule is CCc1cccc(C)c1NC(=O)CC1(C(=O)O)CCCCCC1. The predicted molar refractivity (Wildman–Crippen MR) is 91.6 cm³/mol. The van der Waals surface area contributed by atoms with Crippen molar-refractivity contribution in [2.75, 3.05) is 5.32 Å². The maximum Gasteiger partial charge on any atom is 0.310 e. The zero-order chi connectivity index (χ0) is 16.9. The van der Waals surface area contributed by atoms with Gasteiger partial charge < -0.3 is 10.4 Å². The summed E-state index contributed by atoms with van der Waals surface area (Å²) in [4.78, 5) is 24.4. The van der Waals surface area contributed by atoms with Crippen molar-refractivity contribution in [2.24, 2.45) is 5.41 Å². The molecule has 4 heteroatoms. The predicted octanol–water partition coefficient (Wildman–Crippen LogP) is 4.31. The quantitative estimate of drug-likeness (QED) is 0.795. The molecule has 0 atom stereocenters. The van der Waals surface area contributed by atoms with Gasteiger partial charge in [-0.2, -0.15) is 0 Å². The molecule has 0 radical (unpaired) electrons. The Hall–Kier alpha value is -1.84. The lowest BCUT2D eigenvalue weighted by Crippen LogP contribution is -2.35. The highest BCUT2D eigenvalue weighted by Gasteiger charge is 2.40. The lowest BCUT2D eigenvalue weighted by atomic mass is 9.77. The van der Waals surface area contributed by atoms with Crippen molar-refractivity contribution in [3.05, 3.63) is 29.3 Å².